The van der Waals surface area contributed by atoms with Crippen molar-refractivity contribution in [2.45, 2.75) is 51.1 Å². The number of benzene rings is 1. The normalized spacial score (nSPS) is 19.0. The highest BCUT2D eigenvalue weighted by Crippen LogP contribution is 2.23. The lowest BCUT2D eigenvalue weighted by molar-refractivity contribution is -0.122. The minimum absolute atomic E-state index is 0. The molecule has 126 valence electrons. The van der Waals surface area contributed by atoms with Crippen LogP contribution in [0.5, 0.6) is 0 Å². The zero-order valence-electron chi connectivity index (χ0n) is 13.3. The highest BCUT2D eigenvalue weighted by atomic mass is 127. The first kappa shape index (κ1) is 18.0. The first-order chi connectivity index (χ1) is 10.7. The first-order valence-electron chi connectivity index (χ1n) is 8.18. The fourth-order valence-electron chi connectivity index (χ4n) is 3.09. The van der Waals surface area contributed by atoms with E-state index < -0.39 is 0 Å². The van der Waals surface area contributed by atoms with Crippen LogP contribution in [0.2, 0.25) is 0 Å². The zero-order chi connectivity index (χ0) is 15.4. The number of rotatable bonds is 4. The van der Waals surface area contributed by atoms with Gasteiger partial charge >= 0.3 is 0 Å². The molecule has 1 aliphatic carbocycles. The molecule has 2 aliphatic rings. The van der Waals surface area contributed by atoms with E-state index in [1.807, 2.05) is 24.3 Å². The number of nitrogens with one attached hydrogen (secondary N) is 1. The molecule has 5 nitrogen and oxygen atoms in total. The van der Waals surface area contributed by atoms with E-state index in [-0.39, 0.29) is 29.9 Å². The maximum Gasteiger partial charge on any atom is 0.228 e. The van der Waals surface area contributed by atoms with E-state index in [0.717, 1.165) is 17.8 Å². The van der Waals surface area contributed by atoms with Gasteiger partial charge in [0.1, 0.15) is 0 Å². The monoisotopic (exact) mass is 428 g/mol. The van der Waals surface area contributed by atoms with Crippen LogP contribution in [0, 0.1) is 0 Å². The molecular weight excluding hydrogens is 403 g/mol. The Balaban J connectivity index is 0.00000192. The fraction of sp³-hybridized carbons (Fsp3) is 0.529. The molecule has 1 aromatic rings. The third kappa shape index (κ3) is 4.83. The van der Waals surface area contributed by atoms with Gasteiger partial charge in [-0.15, -0.1) is 24.0 Å². The number of carbonyl (C=O) groups excluding carboxylic acids is 1. The number of carbonyl (C=O) groups is 1. The molecule has 0 unspecified atom stereocenters. The number of amides is 1. The van der Waals surface area contributed by atoms with Crippen molar-refractivity contribution in [3.63, 3.8) is 0 Å². The molecule has 1 aromatic carbocycles. The third-order valence-electron chi connectivity index (χ3n) is 4.46. The van der Waals surface area contributed by atoms with Gasteiger partial charge in [-0.1, -0.05) is 31.4 Å². The standard InChI is InChI=1S/C17H24N4O.HI/c18-17(20-14-6-2-1-3-7-14)19-12-13-5-4-8-15(11-13)21-10-9-16(21)22;/h4-5,8,11,14H,1-3,6-7,9-10,12H2,(H3,18,19,20);1H. The largest absolute Gasteiger partial charge is 0.370 e. The van der Waals surface area contributed by atoms with Crippen molar-refractivity contribution < 1.29 is 4.79 Å². The van der Waals surface area contributed by atoms with Crippen molar-refractivity contribution in [2.75, 3.05) is 11.4 Å². The number of anilines is 1. The number of guanidine groups is 1. The molecule has 0 spiro atoms. The molecule has 1 saturated carbocycles. The molecule has 1 saturated heterocycles. The van der Waals surface area contributed by atoms with E-state index in [9.17, 15) is 4.79 Å². The van der Waals surface area contributed by atoms with Gasteiger partial charge in [0.2, 0.25) is 5.91 Å². The van der Waals surface area contributed by atoms with Crippen molar-refractivity contribution in [2.24, 2.45) is 10.7 Å². The summed E-state index contributed by atoms with van der Waals surface area (Å²) >= 11 is 0. The molecule has 0 atom stereocenters. The van der Waals surface area contributed by atoms with Crippen LogP contribution in [0.15, 0.2) is 29.3 Å². The number of β-lactam (4-membered cyclic amide) rings is 1. The molecular formula is C17H25IN4O. The average molecular weight is 428 g/mol. The molecule has 3 N–H and O–H groups in total. The number of hydrogen-bond donors (Lipinski definition) is 2. The maximum absolute atomic E-state index is 11.5. The number of hydrogen-bond acceptors (Lipinski definition) is 2. The van der Waals surface area contributed by atoms with Crippen LogP contribution in [-0.4, -0.2) is 24.5 Å². The highest BCUT2D eigenvalue weighted by Gasteiger charge is 2.24. The van der Waals surface area contributed by atoms with Gasteiger partial charge in [-0.05, 0) is 30.5 Å². The minimum atomic E-state index is 0. The summed E-state index contributed by atoms with van der Waals surface area (Å²) in [5, 5.41) is 3.32. The molecule has 0 bridgehead atoms. The van der Waals surface area contributed by atoms with Crippen molar-refractivity contribution in [1.82, 2.24) is 5.32 Å². The van der Waals surface area contributed by atoms with E-state index in [1.165, 1.54) is 32.1 Å². The summed E-state index contributed by atoms with van der Waals surface area (Å²) in [5.74, 6) is 0.719. The second-order valence-electron chi connectivity index (χ2n) is 6.15. The SMILES string of the molecule is I.NC(=NCc1cccc(N2CCC2=O)c1)NC1CCCCC1. The number of aliphatic imine (C=N–C) groups is 1. The van der Waals surface area contributed by atoms with E-state index in [0.29, 0.717) is 25.0 Å². The molecule has 6 heteroatoms. The van der Waals surface area contributed by atoms with Gasteiger partial charge in [-0.2, -0.15) is 0 Å². The summed E-state index contributed by atoms with van der Waals surface area (Å²) in [6.45, 7) is 1.36. The Labute approximate surface area is 154 Å². The van der Waals surface area contributed by atoms with Gasteiger partial charge in [0.05, 0.1) is 6.54 Å². The van der Waals surface area contributed by atoms with E-state index in [4.69, 9.17) is 5.73 Å². The van der Waals surface area contributed by atoms with Crippen molar-refractivity contribution in [3.05, 3.63) is 29.8 Å². The van der Waals surface area contributed by atoms with E-state index in [2.05, 4.69) is 10.3 Å². The molecule has 2 fully saturated rings. The Hall–Kier alpha value is -1.31. The Bertz CT molecular complexity index is 569. The van der Waals surface area contributed by atoms with Crippen molar-refractivity contribution in [1.29, 1.82) is 0 Å². The number of nitrogens with two attached hydrogens (primary N) is 1. The van der Waals surface area contributed by atoms with Crippen LogP contribution in [0.25, 0.3) is 0 Å². The summed E-state index contributed by atoms with van der Waals surface area (Å²) < 4.78 is 0. The lowest BCUT2D eigenvalue weighted by Crippen LogP contribution is -2.43. The summed E-state index contributed by atoms with van der Waals surface area (Å²) in [6.07, 6.45) is 6.90. The summed E-state index contributed by atoms with van der Waals surface area (Å²) in [6, 6.07) is 8.45. The van der Waals surface area contributed by atoms with Crippen molar-refractivity contribution in [3.8, 4) is 0 Å². The Morgan fingerprint density at radius 1 is 1.30 bits per heavy atom. The molecule has 23 heavy (non-hydrogen) atoms. The topological polar surface area (TPSA) is 70.7 Å². The predicted octanol–water partition coefficient (Wildman–Crippen LogP) is 2.78. The van der Waals surface area contributed by atoms with Crippen LogP contribution in [0.3, 0.4) is 0 Å². The number of nitrogens with zero attached hydrogens (tertiary/aromatic N) is 2. The Kier molecular flexibility index (Phi) is 6.68. The van der Waals surface area contributed by atoms with Crippen LogP contribution in [0.4, 0.5) is 5.69 Å². The van der Waals surface area contributed by atoms with Gasteiger partial charge in [-0.3, -0.25) is 4.79 Å². The third-order valence-corrected chi connectivity index (χ3v) is 4.46. The minimum Gasteiger partial charge on any atom is -0.370 e. The second-order valence-corrected chi connectivity index (χ2v) is 6.15. The van der Waals surface area contributed by atoms with Crippen LogP contribution >= 0.6 is 24.0 Å². The first-order valence-corrected chi connectivity index (χ1v) is 8.18. The second kappa shape index (κ2) is 8.52. The van der Waals surface area contributed by atoms with Gasteiger partial charge in [0, 0.05) is 24.7 Å². The lowest BCUT2D eigenvalue weighted by Gasteiger charge is -2.30. The molecule has 1 heterocycles. The van der Waals surface area contributed by atoms with Crippen LogP contribution in [-0.2, 0) is 11.3 Å². The zero-order valence-corrected chi connectivity index (χ0v) is 15.7. The van der Waals surface area contributed by atoms with Gasteiger partial charge in [-0.25, -0.2) is 4.99 Å². The van der Waals surface area contributed by atoms with E-state index >= 15 is 0 Å². The average Bonchev–Trinajstić information content (AvgIpc) is 2.53. The van der Waals surface area contributed by atoms with Gasteiger partial charge in [0.25, 0.3) is 0 Å². The Morgan fingerprint density at radius 3 is 2.74 bits per heavy atom. The van der Waals surface area contributed by atoms with Gasteiger partial charge < -0.3 is 16.0 Å². The Morgan fingerprint density at radius 2 is 2.09 bits per heavy atom. The molecule has 0 aromatic heterocycles. The fourth-order valence-corrected chi connectivity index (χ4v) is 3.09. The predicted molar refractivity (Wildman–Crippen MR) is 104 cm³/mol. The molecule has 1 amide bonds. The molecule has 3 rings (SSSR count). The molecule has 1 aliphatic heterocycles. The maximum atomic E-state index is 11.5. The highest BCUT2D eigenvalue weighted by molar-refractivity contribution is 14.0. The number of halogens is 1. The smallest absolute Gasteiger partial charge is 0.228 e. The summed E-state index contributed by atoms with van der Waals surface area (Å²) in [4.78, 5) is 17.7. The lowest BCUT2D eigenvalue weighted by atomic mass is 9.96. The summed E-state index contributed by atoms with van der Waals surface area (Å²) in [5.41, 5.74) is 8.02. The van der Waals surface area contributed by atoms with Crippen LogP contribution < -0.4 is 16.0 Å². The molecule has 0 radical (unpaired) electrons. The van der Waals surface area contributed by atoms with E-state index in [1.54, 1.807) is 4.90 Å². The quantitative estimate of drug-likeness (QED) is 0.335. The van der Waals surface area contributed by atoms with Crippen LogP contribution in [0.1, 0.15) is 44.1 Å². The van der Waals surface area contributed by atoms with Crippen molar-refractivity contribution >= 4 is 41.5 Å². The van der Waals surface area contributed by atoms with Gasteiger partial charge in [0.15, 0.2) is 5.96 Å². The summed E-state index contributed by atoms with van der Waals surface area (Å²) in [7, 11) is 0.